The average molecular weight is 423 g/mol. The number of aryl methyl sites for hydroxylation is 3. The van der Waals surface area contributed by atoms with Gasteiger partial charge in [-0.2, -0.15) is 0 Å². The predicted molar refractivity (Wildman–Crippen MR) is 113 cm³/mol. The highest BCUT2D eigenvalue weighted by atomic mass is 16.5. The third kappa shape index (κ3) is 4.96. The molecule has 2 aromatic heterocycles. The number of nitrogens with zero attached hydrogens (tertiary/aromatic N) is 2. The second-order valence-electron chi connectivity index (χ2n) is 7.54. The number of benzene rings is 1. The molecule has 1 N–H and O–H groups in total. The maximum atomic E-state index is 12.7. The number of aromatic amines is 1. The fraction of sp³-hybridized carbons (Fsp3) is 0.348. The Balaban J connectivity index is 1.57. The molecule has 31 heavy (non-hydrogen) atoms. The van der Waals surface area contributed by atoms with Crippen LogP contribution in [0.5, 0.6) is 0 Å². The Hall–Kier alpha value is -3.55. The third-order valence-electron chi connectivity index (χ3n) is 5.02. The monoisotopic (exact) mass is 423 g/mol. The number of rotatable bonds is 8. The Labute approximate surface area is 180 Å². The van der Waals surface area contributed by atoms with Crippen LogP contribution in [0.15, 0.2) is 28.7 Å². The molecule has 0 amide bonds. The number of Topliss-reactive ketones (excluding diaryl/α,β-unsaturated/α-hetero) is 2. The largest absolute Gasteiger partial charge is 0.454 e. The van der Waals surface area contributed by atoms with Crippen molar-refractivity contribution in [3.05, 3.63) is 58.2 Å². The van der Waals surface area contributed by atoms with Crippen LogP contribution in [-0.2, 0) is 16.0 Å². The van der Waals surface area contributed by atoms with E-state index in [1.807, 2.05) is 31.2 Å². The summed E-state index contributed by atoms with van der Waals surface area (Å²) in [5.74, 6) is -0.372. The minimum Gasteiger partial charge on any atom is -0.454 e. The average Bonchev–Trinajstić information content (AvgIpc) is 3.30. The van der Waals surface area contributed by atoms with E-state index in [2.05, 4.69) is 15.2 Å². The molecule has 1 unspecified atom stereocenters. The van der Waals surface area contributed by atoms with E-state index in [0.29, 0.717) is 28.6 Å². The SMILES string of the molecule is CC(=O)c1c(C)[nH]c(C(=O)C(C)OC(=O)CCc2nnc(-c3ccc(C)cc3)o2)c1C. The lowest BCUT2D eigenvalue weighted by molar-refractivity contribution is -0.146. The molecule has 0 radical (unpaired) electrons. The number of H-pyrrole nitrogens is 1. The quantitative estimate of drug-likeness (QED) is 0.431. The van der Waals surface area contributed by atoms with Gasteiger partial charge in [0.25, 0.3) is 0 Å². The molecular formula is C23H25N3O5. The van der Waals surface area contributed by atoms with Gasteiger partial charge in [-0.25, -0.2) is 0 Å². The van der Waals surface area contributed by atoms with Gasteiger partial charge in [-0.05, 0) is 52.3 Å². The predicted octanol–water partition coefficient (Wildman–Crippen LogP) is 3.94. The summed E-state index contributed by atoms with van der Waals surface area (Å²) in [5.41, 5.74) is 3.87. The number of carbonyl (C=O) groups is 3. The summed E-state index contributed by atoms with van der Waals surface area (Å²) < 4.78 is 10.9. The summed E-state index contributed by atoms with van der Waals surface area (Å²) >= 11 is 0. The third-order valence-corrected chi connectivity index (χ3v) is 5.02. The van der Waals surface area contributed by atoms with E-state index in [1.54, 1.807) is 13.8 Å². The lowest BCUT2D eigenvalue weighted by atomic mass is 10.0. The maximum absolute atomic E-state index is 12.7. The molecule has 162 valence electrons. The summed E-state index contributed by atoms with van der Waals surface area (Å²) in [5, 5.41) is 7.96. The van der Waals surface area contributed by atoms with Gasteiger partial charge in [0.2, 0.25) is 17.6 Å². The summed E-state index contributed by atoms with van der Waals surface area (Å²) in [6.45, 7) is 8.37. The number of hydrogen-bond acceptors (Lipinski definition) is 7. The van der Waals surface area contributed by atoms with Crippen molar-refractivity contribution in [2.24, 2.45) is 0 Å². The van der Waals surface area contributed by atoms with Gasteiger partial charge >= 0.3 is 5.97 Å². The van der Waals surface area contributed by atoms with Gasteiger partial charge in [0.05, 0.1) is 12.1 Å². The van der Waals surface area contributed by atoms with E-state index >= 15 is 0 Å². The van der Waals surface area contributed by atoms with Crippen LogP contribution in [-0.4, -0.2) is 38.8 Å². The van der Waals surface area contributed by atoms with E-state index in [0.717, 1.165) is 11.1 Å². The molecule has 8 nitrogen and oxygen atoms in total. The Morgan fingerprint density at radius 2 is 1.77 bits per heavy atom. The number of ether oxygens (including phenoxy) is 1. The van der Waals surface area contributed by atoms with Crippen LogP contribution in [0.4, 0.5) is 0 Å². The first kappa shape index (κ1) is 22.1. The molecule has 0 aliphatic carbocycles. The van der Waals surface area contributed by atoms with Gasteiger partial charge in [0, 0.05) is 23.2 Å². The van der Waals surface area contributed by atoms with Crippen molar-refractivity contribution in [2.45, 2.75) is 53.6 Å². The van der Waals surface area contributed by atoms with E-state index in [-0.39, 0.29) is 30.1 Å². The van der Waals surface area contributed by atoms with Crippen molar-refractivity contribution in [3.8, 4) is 11.5 Å². The van der Waals surface area contributed by atoms with Gasteiger partial charge in [-0.15, -0.1) is 10.2 Å². The van der Waals surface area contributed by atoms with Crippen molar-refractivity contribution < 1.29 is 23.5 Å². The minimum absolute atomic E-state index is 0.00537. The Morgan fingerprint density at radius 3 is 2.39 bits per heavy atom. The van der Waals surface area contributed by atoms with Gasteiger partial charge in [-0.3, -0.25) is 14.4 Å². The van der Waals surface area contributed by atoms with Crippen LogP contribution < -0.4 is 0 Å². The molecule has 0 bridgehead atoms. The van der Waals surface area contributed by atoms with Crippen LogP contribution in [0.3, 0.4) is 0 Å². The molecule has 3 aromatic rings. The summed E-state index contributed by atoms with van der Waals surface area (Å²) in [4.78, 5) is 39.6. The molecule has 1 aromatic carbocycles. The normalized spacial score (nSPS) is 11.9. The molecular weight excluding hydrogens is 398 g/mol. The molecule has 0 saturated carbocycles. The highest BCUT2D eigenvalue weighted by molar-refractivity contribution is 6.05. The fourth-order valence-corrected chi connectivity index (χ4v) is 3.41. The van der Waals surface area contributed by atoms with E-state index in [1.165, 1.54) is 13.8 Å². The molecule has 0 fully saturated rings. The molecule has 3 rings (SSSR count). The second kappa shape index (κ2) is 9.07. The van der Waals surface area contributed by atoms with Crippen LogP contribution in [0.1, 0.15) is 63.8 Å². The standard InChI is InChI=1S/C23H25N3O5/c1-12-6-8-17(9-7-12)23-26-25-18(31-23)10-11-19(28)30-16(5)22(29)21-13(2)20(15(4)27)14(3)24-21/h6-9,16,24H,10-11H2,1-5H3. The topological polar surface area (TPSA) is 115 Å². The molecule has 0 spiro atoms. The molecule has 2 heterocycles. The number of aromatic nitrogens is 3. The Morgan fingerprint density at radius 1 is 1.10 bits per heavy atom. The molecule has 8 heteroatoms. The van der Waals surface area contributed by atoms with Crippen molar-refractivity contribution in [2.75, 3.05) is 0 Å². The Kier molecular flexibility index (Phi) is 6.48. The Bertz CT molecular complexity index is 1120. The smallest absolute Gasteiger partial charge is 0.307 e. The zero-order chi connectivity index (χ0) is 22.7. The number of ketones is 2. The minimum atomic E-state index is -0.991. The van der Waals surface area contributed by atoms with Crippen molar-refractivity contribution in [3.63, 3.8) is 0 Å². The number of hydrogen-bond donors (Lipinski definition) is 1. The summed E-state index contributed by atoms with van der Waals surface area (Å²) in [6, 6.07) is 7.66. The molecule has 0 aliphatic heterocycles. The van der Waals surface area contributed by atoms with Crippen molar-refractivity contribution >= 4 is 17.5 Å². The number of nitrogens with one attached hydrogen (secondary N) is 1. The van der Waals surface area contributed by atoms with Gasteiger partial charge in [-0.1, -0.05) is 17.7 Å². The lowest BCUT2D eigenvalue weighted by Crippen LogP contribution is -2.25. The van der Waals surface area contributed by atoms with Gasteiger partial charge in [0.15, 0.2) is 11.9 Å². The second-order valence-corrected chi connectivity index (χ2v) is 7.54. The van der Waals surface area contributed by atoms with Crippen LogP contribution in [0, 0.1) is 20.8 Å². The van der Waals surface area contributed by atoms with E-state index in [4.69, 9.17) is 9.15 Å². The fourth-order valence-electron chi connectivity index (χ4n) is 3.41. The highest BCUT2D eigenvalue weighted by Crippen LogP contribution is 2.21. The molecule has 0 aliphatic rings. The van der Waals surface area contributed by atoms with Crippen LogP contribution >= 0.6 is 0 Å². The van der Waals surface area contributed by atoms with Crippen LogP contribution in [0.2, 0.25) is 0 Å². The van der Waals surface area contributed by atoms with Crippen LogP contribution in [0.25, 0.3) is 11.5 Å². The lowest BCUT2D eigenvalue weighted by Gasteiger charge is -2.11. The highest BCUT2D eigenvalue weighted by Gasteiger charge is 2.26. The van der Waals surface area contributed by atoms with E-state index < -0.39 is 12.1 Å². The van der Waals surface area contributed by atoms with Crippen molar-refractivity contribution in [1.82, 2.24) is 15.2 Å². The summed E-state index contributed by atoms with van der Waals surface area (Å²) in [7, 11) is 0. The van der Waals surface area contributed by atoms with Gasteiger partial charge < -0.3 is 14.1 Å². The number of esters is 1. The zero-order valence-electron chi connectivity index (χ0n) is 18.2. The zero-order valence-corrected chi connectivity index (χ0v) is 18.2. The van der Waals surface area contributed by atoms with Crippen molar-refractivity contribution in [1.29, 1.82) is 0 Å². The van der Waals surface area contributed by atoms with Gasteiger partial charge in [0.1, 0.15) is 0 Å². The van der Waals surface area contributed by atoms with E-state index in [9.17, 15) is 14.4 Å². The maximum Gasteiger partial charge on any atom is 0.307 e. The first-order valence-corrected chi connectivity index (χ1v) is 10.0. The summed E-state index contributed by atoms with van der Waals surface area (Å²) in [6.07, 6.45) is -0.794. The number of carbonyl (C=O) groups excluding carboxylic acids is 3. The molecule has 0 saturated heterocycles. The first-order chi connectivity index (χ1) is 14.7. The molecule has 1 atom stereocenters. The first-order valence-electron chi connectivity index (χ1n) is 10.0.